The molecule has 0 N–H and O–H groups in total. The quantitative estimate of drug-likeness (QED) is 0.180. The fraction of sp³-hybridized carbons (Fsp3) is 0.0816. The zero-order chi connectivity index (χ0) is 36.4. The highest BCUT2D eigenvalue weighted by Gasteiger charge is 2.22. The molecule has 0 aliphatic heterocycles. The molecule has 0 atom stereocenters. The first-order chi connectivity index (χ1) is 26.4. The van der Waals surface area contributed by atoms with E-state index in [1.54, 1.807) is 0 Å². The van der Waals surface area contributed by atoms with Gasteiger partial charge in [0, 0.05) is 27.1 Å². The third-order valence-corrected chi connectivity index (χ3v) is 10.6. The molecule has 10 rings (SSSR count). The van der Waals surface area contributed by atoms with Crippen molar-refractivity contribution < 1.29 is 0 Å². The first kappa shape index (κ1) is 31.9. The van der Waals surface area contributed by atoms with Crippen LogP contribution in [0.2, 0.25) is 0 Å². The van der Waals surface area contributed by atoms with Crippen molar-refractivity contribution in [3.63, 3.8) is 0 Å². The molecule has 10 aromatic rings. The van der Waals surface area contributed by atoms with Crippen LogP contribution in [0.15, 0.2) is 170 Å². The third kappa shape index (κ3) is 5.28. The first-order valence-corrected chi connectivity index (χ1v) is 18.5. The third-order valence-electron chi connectivity index (χ3n) is 10.6. The summed E-state index contributed by atoms with van der Waals surface area (Å²) in [6, 6.07) is 60.1. The molecule has 0 amide bonds. The van der Waals surface area contributed by atoms with E-state index < -0.39 is 0 Å². The number of hydrogen-bond acceptors (Lipinski definition) is 3. The summed E-state index contributed by atoms with van der Waals surface area (Å²) in [4.78, 5) is 16.0. The number of benzene rings is 7. The molecule has 54 heavy (non-hydrogen) atoms. The maximum absolute atomic E-state index is 5.38. The van der Waals surface area contributed by atoms with E-state index in [0.717, 1.165) is 49.2 Å². The summed E-state index contributed by atoms with van der Waals surface area (Å²) < 4.78 is 4.40. The molecule has 0 saturated carbocycles. The van der Waals surface area contributed by atoms with E-state index in [1.165, 1.54) is 27.8 Å². The summed E-state index contributed by atoms with van der Waals surface area (Å²) in [6.45, 7) is 6.71. The Balaban J connectivity index is 1.26. The highest BCUT2D eigenvalue weighted by atomic mass is 15.3. The Morgan fingerprint density at radius 2 is 0.796 bits per heavy atom. The molecule has 0 aliphatic carbocycles. The summed E-state index contributed by atoms with van der Waals surface area (Å²) in [5, 5.41) is 4.59. The number of fused-ring (bicyclic) bond motifs is 6. The lowest BCUT2D eigenvalue weighted by atomic mass is 9.86. The Hall–Kier alpha value is -6.85. The maximum Gasteiger partial charge on any atom is 0.240 e. The Labute approximate surface area is 313 Å². The van der Waals surface area contributed by atoms with Crippen LogP contribution < -0.4 is 0 Å². The lowest BCUT2D eigenvalue weighted by molar-refractivity contribution is 0.590. The van der Waals surface area contributed by atoms with Gasteiger partial charge in [-0.25, -0.2) is 0 Å². The smallest absolute Gasteiger partial charge is 0.240 e. The van der Waals surface area contributed by atoms with Crippen LogP contribution in [0.3, 0.4) is 0 Å². The van der Waals surface area contributed by atoms with Crippen molar-refractivity contribution in [2.24, 2.45) is 0 Å². The molecule has 5 heteroatoms. The van der Waals surface area contributed by atoms with Crippen molar-refractivity contribution in [1.29, 1.82) is 0 Å². The van der Waals surface area contributed by atoms with E-state index >= 15 is 0 Å². The molecule has 7 aromatic carbocycles. The zero-order valence-corrected chi connectivity index (χ0v) is 30.4. The van der Waals surface area contributed by atoms with Crippen LogP contribution in [-0.2, 0) is 5.41 Å². The van der Waals surface area contributed by atoms with Gasteiger partial charge >= 0.3 is 0 Å². The number of hydrogen-bond donors (Lipinski definition) is 0. The summed E-state index contributed by atoms with van der Waals surface area (Å²) in [6.07, 6.45) is 0. The minimum atomic E-state index is -0.0404. The highest BCUT2D eigenvalue weighted by Crippen LogP contribution is 2.37. The van der Waals surface area contributed by atoms with Crippen LogP contribution in [-0.4, -0.2) is 24.1 Å². The van der Waals surface area contributed by atoms with Crippen molar-refractivity contribution in [2.45, 2.75) is 26.2 Å². The van der Waals surface area contributed by atoms with Gasteiger partial charge in [0.15, 0.2) is 5.82 Å². The van der Waals surface area contributed by atoms with Gasteiger partial charge in [-0.1, -0.05) is 148 Å². The Bertz CT molecular complexity index is 2840. The molecule has 0 fully saturated rings. The van der Waals surface area contributed by atoms with Gasteiger partial charge in [-0.3, -0.25) is 9.13 Å². The van der Waals surface area contributed by atoms with Gasteiger partial charge < -0.3 is 0 Å². The van der Waals surface area contributed by atoms with Gasteiger partial charge in [0.05, 0.1) is 22.1 Å². The monoisotopic (exact) mass is 695 g/mol. The van der Waals surface area contributed by atoms with Gasteiger partial charge in [-0.2, -0.15) is 15.0 Å². The molecular formula is C49H37N5. The molecule has 0 radical (unpaired) electrons. The molecule has 0 saturated heterocycles. The minimum absolute atomic E-state index is 0.0404. The van der Waals surface area contributed by atoms with Crippen molar-refractivity contribution in [1.82, 2.24) is 24.1 Å². The second-order valence-corrected chi connectivity index (χ2v) is 15.0. The molecule has 3 aromatic heterocycles. The van der Waals surface area contributed by atoms with Crippen molar-refractivity contribution in [3.8, 4) is 45.5 Å². The Morgan fingerprint density at radius 1 is 0.352 bits per heavy atom. The molecule has 0 unspecified atom stereocenters. The van der Waals surface area contributed by atoms with Crippen molar-refractivity contribution in [2.75, 3.05) is 0 Å². The van der Waals surface area contributed by atoms with E-state index in [9.17, 15) is 0 Å². The van der Waals surface area contributed by atoms with Crippen LogP contribution in [0.25, 0.3) is 89.2 Å². The van der Waals surface area contributed by atoms with Crippen LogP contribution in [0.5, 0.6) is 0 Å². The molecule has 0 aliphatic rings. The molecule has 258 valence electrons. The van der Waals surface area contributed by atoms with E-state index in [4.69, 9.17) is 15.0 Å². The average Bonchev–Trinajstić information content (AvgIpc) is 3.73. The predicted molar refractivity (Wildman–Crippen MR) is 224 cm³/mol. The van der Waals surface area contributed by atoms with Crippen LogP contribution in [0, 0.1) is 0 Å². The Morgan fingerprint density at radius 3 is 1.30 bits per heavy atom. The fourth-order valence-electron chi connectivity index (χ4n) is 7.80. The highest BCUT2D eigenvalue weighted by molar-refractivity contribution is 6.11. The van der Waals surface area contributed by atoms with Gasteiger partial charge in [0.1, 0.15) is 0 Å². The van der Waals surface area contributed by atoms with Crippen LogP contribution >= 0.6 is 0 Å². The molecule has 3 heterocycles. The summed E-state index contributed by atoms with van der Waals surface area (Å²) in [5.41, 5.74) is 11.0. The number of para-hydroxylation sites is 2. The normalized spacial score (nSPS) is 12.0. The topological polar surface area (TPSA) is 48.5 Å². The van der Waals surface area contributed by atoms with Gasteiger partial charge in [-0.15, -0.1) is 0 Å². The molecule has 0 spiro atoms. The van der Waals surface area contributed by atoms with Gasteiger partial charge in [0.2, 0.25) is 11.9 Å². The lowest BCUT2D eigenvalue weighted by Gasteiger charge is -2.19. The fourth-order valence-corrected chi connectivity index (χ4v) is 7.80. The van der Waals surface area contributed by atoms with Crippen LogP contribution in [0.4, 0.5) is 0 Å². The average molecular weight is 696 g/mol. The lowest BCUT2D eigenvalue weighted by Crippen LogP contribution is -2.12. The van der Waals surface area contributed by atoms with E-state index in [1.807, 2.05) is 0 Å². The zero-order valence-electron chi connectivity index (χ0n) is 30.4. The molecular weight excluding hydrogens is 659 g/mol. The van der Waals surface area contributed by atoms with E-state index in [0.29, 0.717) is 17.7 Å². The number of nitrogens with zero attached hydrogens (tertiary/aromatic N) is 5. The second-order valence-electron chi connectivity index (χ2n) is 15.0. The van der Waals surface area contributed by atoms with Crippen LogP contribution in [0.1, 0.15) is 26.3 Å². The maximum atomic E-state index is 5.38. The first-order valence-electron chi connectivity index (χ1n) is 18.5. The summed E-state index contributed by atoms with van der Waals surface area (Å²) in [7, 11) is 0. The second kappa shape index (κ2) is 12.4. The predicted octanol–water partition coefficient (Wildman–Crippen LogP) is 12.4. The van der Waals surface area contributed by atoms with E-state index in [-0.39, 0.29) is 5.41 Å². The Kier molecular flexibility index (Phi) is 7.31. The largest absolute Gasteiger partial charge is 0.278 e. The van der Waals surface area contributed by atoms with Crippen molar-refractivity contribution in [3.05, 3.63) is 175 Å². The van der Waals surface area contributed by atoms with Gasteiger partial charge in [0.25, 0.3) is 0 Å². The molecule has 5 nitrogen and oxygen atoms in total. The standard InChI is InChI=1S/C49H37N5/c1-49(2,3)37-20-14-19-36(29-37)46-50-47(53-42-23-12-10-21-38(42)40-30-34(25-27-44(40)53)32-15-6-4-7-16-32)52-48(51-46)54-43-24-13-11-22-39(43)41-31-35(26-28-45(41)54)33-17-8-5-9-18-33/h4-31H,1-3H3. The minimum Gasteiger partial charge on any atom is -0.278 e. The summed E-state index contributed by atoms with van der Waals surface area (Å²) >= 11 is 0. The van der Waals surface area contributed by atoms with E-state index in [2.05, 4.69) is 200 Å². The summed E-state index contributed by atoms with van der Waals surface area (Å²) in [5.74, 6) is 1.77. The molecule has 0 bridgehead atoms. The SMILES string of the molecule is CC(C)(C)c1cccc(-c2nc(-n3c4ccccc4c4cc(-c5ccccc5)ccc43)nc(-n3c4ccccc4c4cc(-c5ccccc5)ccc43)n2)c1. The number of aromatic nitrogens is 5. The van der Waals surface area contributed by atoms with Crippen molar-refractivity contribution >= 4 is 43.6 Å². The van der Waals surface area contributed by atoms with Gasteiger partial charge in [-0.05, 0) is 75.7 Å². The number of rotatable bonds is 5.